The monoisotopic (exact) mass is 476 g/mol. The third-order valence-electron chi connectivity index (χ3n) is 5.74. The van der Waals surface area contributed by atoms with Gasteiger partial charge in [-0.05, 0) is 60.5 Å². The maximum atomic E-state index is 6.23. The van der Waals surface area contributed by atoms with E-state index in [1.54, 1.807) is 0 Å². The minimum absolute atomic E-state index is 0.590. The Labute approximate surface area is 210 Å². The molecule has 0 saturated heterocycles. The molecular weight excluding hydrogens is 452 g/mol. The SMILES string of the molecule is CCOc1ccccc1N=Cc1cc(-c2ccccc2)n(-c2ccc(Cl)cc2)c1-c1ccccc1. The predicted molar refractivity (Wildman–Crippen MR) is 147 cm³/mol. The molecule has 5 aromatic rings. The van der Waals surface area contributed by atoms with Gasteiger partial charge in [-0.2, -0.15) is 0 Å². The summed E-state index contributed by atoms with van der Waals surface area (Å²) in [7, 11) is 0. The van der Waals surface area contributed by atoms with Crippen LogP contribution in [0.25, 0.3) is 28.2 Å². The van der Waals surface area contributed by atoms with Gasteiger partial charge in [-0.1, -0.05) is 84.4 Å². The average Bonchev–Trinajstić information content (AvgIpc) is 3.29. The molecule has 1 heterocycles. The third kappa shape index (κ3) is 4.91. The lowest BCUT2D eigenvalue weighted by atomic mass is 10.1. The number of halogens is 1. The Balaban J connectivity index is 1.75. The zero-order valence-corrected chi connectivity index (χ0v) is 20.2. The van der Waals surface area contributed by atoms with Gasteiger partial charge in [0, 0.05) is 22.5 Å². The van der Waals surface area contributed by atoms with Gasteiger partial charge in [0.25, 0.3) is 0 Å². The highest BCUT2D eigenvalue weighted by Crippen LogP contribution is 2.36. The molecule has 0 radical (unpaired) electrons. The van der Waals surface area contributed by atoms with Crippen molar-refractivity contribution in [3.63, 3.8) is 0 Å². The van der Waals surface area contributed by atoms with E-state index in [4.69, 9.17) is 21.3 Å². The number of hydrogen-bond donors (Lipinski definition) is 0. The van der Waals surface area contributed by atoms with E-state index in [1.807, 2.05) is 73.8 Å². The highest BCUT2D eigenvalue weighted by molar-refractivity contribution is 6.30. The Hall–Kier alpha value is -4.08. The maximum Gasteiger partial charge on any atom is 0.144 e. The molecule has 0 fully saturated rings. The lowest BCUT2D eigenvalue weighted by Gasteiger charge is -2.15. The van der Waals surface area contributed by atoms with Crippen molar-refractivity contribution in [1.29, 1.82) is 0 Å². The van der Waals surface area contributed by atoms with Crippen molar-refractivity contribution < 1.29 is 4.74 Å². The van der Waals surface area contributed by atoms with Crippen molar-refractivity contribution in [3.05, 3.63) is 126 Å². The van der Waals surface area contributed by atoms with Crippen LogP contribution in [0.4, 0.5) is 5.69 Å². The molecule has 0 aliphatic heterocycles. The fourth-order valence-electron chi connectivity index (χ4n) is 4.18. The van der Waals surface area contributed by atoms with E-state index in [9.17, 15) is 0 Å². The first-order valence-corrected chi connectivity index (χ1v) is 12.0. The van der Waals surface area contributed by atoms with Gasteiger partial charge in [-0.15, -0.1) is 0 Å². The average molecular weight is 477 g/mol. The van der Waals surface area contributed by atoms with Crippen LogP contribution in [0.5, 0.6) is 5.75 Å². The Morgan fingerprint density at radius 1 is 0.771 bits per heavy atom. The lowest BCUT2D eigenvalue weighted by Crippen LogP contribution is -2.00. The smallest absolute Gasteiger partial charge is 0.144 e. The number of ether oxygens (including phenoxy) is 1. The third-order valence-corrected chi connectivity index (χ3v) is 5.99. The van der Waals surface area contributed by atoms with E-state index in [2.05, 4.69) is 59.2 Å². The molecule has 35 heavy (non-hydrogen) atoms. The van der Waals surface area contributed by atoms with Gasteiger partial charge in [0.2, 0.25) is 0 Å². The lowest BCUT2D eigenvalue weighted by molar-refractivity contribution is 0.341. The number of nitrogens with zero attached hydrogens (tertiary/aromatic N) is 2. The molecule has 0 aliphatic rings. The number of hydrogen-bond acceptors (Lipinski definition) is 2. The second-order valence-corrected chi connectivity index (χ2v) is 8.47. The zero-order chi connectivity index (χ0) is 24.0. The van der Waals surface area contributed by atoms with Crippen LogP contribution in [-0.4, -0.2) is 17.4 Å². The number of benzene rings is 4. The Bertz CT molecular complexity index is 1440. The molecule has 0 saturated carbocycles. The molecule has 4 aromatic carbocycles. The summed E-state index contributed by atoms with van der Waals surface area (Å²) in [5, 5.41) is 0.706. The fourth-order valence-corrected chi connectivity index (χ4v) is 4.31. The number of rotatable bonds is 7. The summed E-state index contributed by atoms with van der Waals surface area (Å²) in [6.07, 6.45) is 1.93. The van der Waals surface area contributed by atoms with E-state index in [-0.39, 0.29) is 0 Å². The fraction of sp³-hybridized carbons (Fsp3) is 0.0645. The number of aliphatic imine (C=N–C) groups is 1. The standard InChI is InChI=1S/C31H25ClN2O/c1-2-35-30-16-10-9-15-28(30)33-22-25-21-29(23-11-5-3-6-12-23)34(27-19-17-26(32)18-20-27)31(25)24-13-7-4-8-14-24/h3-22H,2H2,1H3. The maximum absolute atomic E-state index is 6.23. The van der Waals surface area contributed by atoms with Crippen LogP contribution in [0.15, 0.2) is 120 Å². The van der Waals surface area contributed by atoms with Gasteiger partial charge in [0.15, 0.2) is 0 Å². The topological polar surface area (TPSA) is 26.5 Å². The molecule has 0 amide bonds. The van der Waals surface area contributed by atoms with Gasteiger partial charge in [-0.3, -0.25) is 4.99 Å². The van der Waals surface area contributed by atoms with Gasteiger partial charge in [0.05, 0.1) is 18.0 Å². The first-order chi connectivity index (χ1) is 17.2. The van der Waals surface area contributed by atoms with Gasteiger partial charge in [0.1, 0.15) is 11.4 Å². The molecule has 0 unspecified atom stereocenters. The van der Waals surface area contributed by atoms with Crippen LogP contribution in [0.3, 0.4) is 0 Å². The molecular formula is C31H25ClN2O. The van der Waals surface area contributed by atoms with E-state index in [0.717, 1.165) is 45.2 Å². The molecule has 0 atom stereocenters. The van der Waals surface area contributed by atoms with Crippen LogP contribution in [-0.2, 0) is 0 Å². The molecule has 0 aliphatic carbocycles. The highest BCUT2D eigenvalue weighted by atomic mass is 35.5. The summed E-state index contributed by atoms with van der Waals surface area (Å²) in [4.78, 5) is 4.85. The number of aromatic nitrogens is 1. The quantitative estimate of drug-likeness (QED) is 0.216. The Morgan fingerprint density at radius 2 is 1.40 bits per heavy atom. The van der Waals surface area contributed by atoms with Crippen molar-refractivity contribution in [2.24, 2.45) is 4.99 Å². The van der Waals surface area contributed by atoms with Gasteiger partial charge >= 0.3 is 0 Å². The predicted octanol–water partition coefficient (Wildman–Crippen LogP) is 8.61. The van der Waals surface area contributed by atoms with Gasteiger partial charge in [-0.25, -0.2) is 0 Å². The van der Waals surface area contributed by atoms with E-state index < -0.39 is 0 Å². The summed E-state index contributed by atoms with van der Waals surface area (Å²) in [6.45, 7) is 2.57. The molecule has 5 rings (SSSR count). The minimum atomic E-state index is 0.590. The second-order valence-electron chi connectivity index (χ2n) is 8.04. The first kappa shape index (κ1) is 22.7. The van der Waals surface area contributed by atoms with E-state index in [0.29, 0.717) is 11.6 Å². The molecule has 4 heteroatoms. The minimum Gasteiger partial charge on any atom is -0.492 e. The largest absolute Gasteiger partial charge is 0.492 e. The number of para-hydroxylation sites is 2. The summed E-state index contributed by atoms with van der Waals surface area (Å²) < 4.78 is 8.06. The molecule has 3 nitrogen and oxygen atoms in total. The molecule has 0 spiro atoms. The highest BCUT2D eigenvalue weighted by Gasteiger charge is 2.18. The van der Waals surface area contributed by atoms with Gasteiger partial charge < -0.3 is 9.30 Å². The molecule has 0 bridgehead atoms. The van der Waals surface area contributed by atoms with Crippen LogP contribution in [0, 0.1) is 0 Å². The van der Waals surface area contributed by atoms with Crippen LogP contribution in [0.1, 0.15) is 12.5 Å². The van der Waals surface area contributed by atoms with Crippen molar-refractivity contribution in [3.8, 4) is 34.0 Å². The Kier molecular flexibility index (Phi) is 6.78. The van der Waals surface area contributed by atoms with Crippen molar-refractivity contribution in [2.75, 3.05) is 6.61 Å². The van der Waals surface area contributed by atoms with E-state index in [1.165, 1.54) is 0 Å². The summed E-state index contributed by atoms with van der Waals surface area (Å²) >= 11 is 6.23. The first-order valence-electron chi connectivity index (χ1n) is 11.6. The zero-order valence-electron chi connectivity index (χ0n) is 19.4. The second kappa shape index (κ2) is 10.5. The van der Waals surface area contributed by atoms with Crippen molar-refractivity contribution in [2.45, 2.75) is 6.92 Å². The molecule has 172 valence electrons. The van der Waals surface area contributed by atoms with Crippen molar-refractivity contribution >= 4 is 23.5 Å². The summed E-state index contributed by atoms with van der Waals surface area (Å²) in [5.41, 5.74) is 7.19. The normalized spacial score (nSPS) is 11.1. The van der Waals surface area contributed by atoms with E-state index >= 15 is 0 Å². The van der Waals surface area contributed by atoms with Crippen LogP contribution in [0.2, 0.25) is 5.02 Å². The Morgan fingerprint density at radius 3 is 2.09 bits per heavy atom. The van der Waals surface area contributed by atoms with Crippen LogP contribution < -0.4 is 4.74 Å². The molecule has 0 N–H and O–H groups in total. The molecule has 1 aromatic heterocycles. The van der Waals surface area contributed by atoms with Crippen LogP contribution >= 0.6 is 11.6 Å². The summed E-state index contributed by atoms with van der Waals surface area (Å²) in [5.74, 6) is 0.771. The summed E-state index contributed by atoms with van der Waals surface area (Å²) in [6, 6.07) is 38.8. The van der Waals surface area contributed by atoms with Crippen molar-refractivity contribution in [1.82, 2.24) is 4.57 Å².